The van der Waals surface area contributed by atoms with Gasteiger partial charge in [-0.1, -0.05) is 18.2 Å². The summed E-state index contributed by atoms with van der Waals surface area (Å²) in [6.45, 7) is 0.351. The van der Waals surface area contributed by atoms with Crippen LogP contribution in [0.3, 0.4) is 0 Å². The summed E-state index contributed by atoms with van der Waals surface area (Å²) >= 11 is 0. The molecule has 0 aliphatic carbocycles. The van der Waals surface area contributed by atoms with E-state index >= 15 is 0 Å². The molecular formula is C14H21F3IN3O. The third kappa shape index (κ3) is 8.30. The third-order valence-electron chi connectivity index (χ3n) is 2.80. The lowest BCUT2D eigenvalue weighted by Gasteiger charge is -2.13. The number of para-hydroxylation sites is 1. The number of hydrogen-bond donors (Lipinski definition) is 2. The zero-order valence-corrected chi connectivity index (χ0v) is 14.9. The molecule has 0 heterocycles. The minimum Gasteiger partial charge on any atom is -0.496 e. The minimum atomic E-state index is -4.16. The monoisotopic (exact) mass is 431 g/mol. The van der Waals surface area contributed by atoms with Gasteiger partial charge in [-0.05, 0) is 18.1 Å². The Kier molecular flexibility index (Phi) is 9.95. The number of halogens is 4. The molecule has 0 amide bonds. The van der Waals surface area contributed by atoms with Crippen molar-refractivity contribution in [3.63, 3.8) is 0 Å². The van der Waals surface area contributed by atoms with Gasteiger partial charge in [-0.3, -0.25) is 4.99 Å². The maximum Gasteiger partial charge on any atom is 0.390 e. The van der Waals surface area contributed by atoms with Crippen molar-refractivity contribution in [1.82, 2.24) is 10.6 Å². The number of nitrogens with one attached hydrogen (secondary N) is 2. The van der Waals surface area contributed by atoms with Crippen molar-refractivity contribution in [2.45, 2.75) is 19.0 Å². The molecule has 1 aromatic rings. The van der Waals surface area contributed by atoms with Crippen LogP contribution >= 0.6 is 24.0 Å². The van der Waals surface area contributed by atoms with Crippen molar-refractivity contribution in [2.24, 2.45) is 4.99 Å². The summed E-state index contributed by atoms with van der Waals surface area (Å²) in [7, 11) is 3.12. The van der Waals surface area contributed by atoms with E-state index in [2.05, 4.69) is 15.6 Å². The standard InChI is InChI=1S/C14H20F3N3O.HI/c1-18-13(20-10-8-14(15,16)17)19-9-7-11-5-3-4-6-12(11)21-2;/h3-6H,7-10H2,1-2H3,(H2,18,19,20);1H. The fraction of sp³-hybridized carbons (Fsp3) is 0.500. The van der Waals surface area contributed by atoms with E-state index in [9.17, 15) is 13.2 Å². The van der Waals surface area contributed by atoms with Gasteiger partial charge in [0, 0.05) is 20.1 Å². The van der Waals surface area contributed by atoms with E-state index in [0.717, 1.165) is 11.3 Å². The zero-order valence-electron chi connectivity index (χ0n) is 12.5. The number of ether oxygens (including phenoxy) is 1. The van der Waals surface area contributed by atoms with Gasteiger partial charge in [-0.25, -0.2) is 0 Å². The van der Waals surface area contributed by atoms with E-state index in [0.29, 0.717) is 18.9 Å². The van der Waals surface area contributed by atoms with Gasteiger partial charge in [0.25, 0.3) is 0 Å². The van der Waals surface area contributed by atoms with Crippen molar-refractivity contribution in [3.05, 3.63) is 29.8 Å². The highest BCUT2D eigenvalue weighted by Crippen LogP contribution is 2.18. The van der Waals surface area contributed by atoms with Gasteiger partial charge < -0.3 is 15.4 Å². The maximum absolute atomic E-state index is 12.1. The molecule has 0 saturated carbocycles. The molecule has 0 saturated heterocycles. The van der Waals surface area contributed by atoms with Crippen molar-refractivity contribution in [1.29, 1.82) is 0 Å². The number of benzene rings is 1. The number of hydrogen-bond acceptors (Lipinski definition) is 2. The first-order valence-corrected chi connectivity index (χ1v) is 6.59. The quantitative estimate of drug-likeness (QED) is 0.414. The third-order valence-corrected chi connectivity index (χ3v) is 2.80. The lowest BCUT2D eigenvalue weighted by Crippen LogP contribution is -2.39. The molecule has 0 aliphatic heterocycles. The summed E-state index contributed by atoms with van der Waals surface area (Å²) in [5, 5.41) is 5.60. The SMILES string of the molecule is CN=C(NCCc1ccccc1OC)NCCC(F)(F)F.I. The predicted molar refractivity (Wildman–Crippen MR) is 92.1 cm³/mol. The molecule has 0 spiro atoms. The van der Waals surface area contributed by atoms with Gasteiger partial charge in [-0.15, -0.1) is 24.0 Å². The van der Waals surface area contributed by atoms with Gasteiger partial charge in [0.05, 0.1) is 13.5 Å². The van der Waals surface area contributed by atoms with Crippen LogP contribution in [0, 0.1) is 0 Å². The van der Waals surface area contributed by atoms with E-state index in [1.165, 1.54) is 7.05 Å². The number of nitrogens with zero attached hydrogens (tertiary/aromatic N) is 1. The zero-order chi connectivity index (χ0) is 15.7. The number of methoxy groups -OCH3 is 1. The Bertz CT molecular complexity index is 467. The molecule has 1 rings (SSSR count). The van der Waals surface area contributed by atoms with E-state index in [1.54, 1.807) is 7.11 Å². The summed E-state index contributed by atoms with van der Waals surface area (Å²) in [5.41, 5.74) is 1.03. The number of aliphatic imine (C=N–C) groups is 1. The van der Waals surface area contributed by atoms with Gasteiger partial charge in [0.15, 0.2) is 5.96 Å². The molecule has 126 valence electrons. The minimum absolute atomic E-state index is 0. The molecule has 0 unspecified atom stereocenters. The second kappa shape index (κ2) is 10.5. The lowest BCUT2D eigenvalue weighted by atomic mass is 10.1. The summed E-state index contributed by atoms with van der Waals surface area (Å²) in [4.78, 5) is 3.88. The summed E-state index contributed by atoms with van der Waals surface area (Å²) in [5.74, 6) is 1.15. The Hall–Kier alpha value is -1.19. The van der Waals surface area contributed by atoms with E-state index in [-0.39, 0.29) is 30.5 Å². The van der Waals surface area contributed by atoms with Crippen LogP contribution in [0.5, 0.6) is 5.75 Å². The lowest BCUT2D eigenvalue weighted by molar-refractivity contribution is -0.132. The molecule has 4 nitrogen and oxygen atoms in total. The first-order valence-electron chi connectivity index (χ1n) is 6.59. The Labute approximate surface area is 145 Å². The smallest absolute Gasteiger partial charge is 0.390 e. The van der Waals surface area contributed by atoms with Crippen LogP contribution in [0.1, 0.15) is 12.0 Å². The van der Waals surface area contributed by atoms with Gasteiger partial charge in [-0.2, -0.15) is 13.2 Å². The topological polar surface area (TPSA) is 45.7 Å². The molecule has 0 aliphatic rings. The Morgan fingerprint density at radius 3 is 2.41 bits per heavy atom. The highest BCUT2D eigenvalue weighted by Gasteiger charge is 2.26. The fourth-order valence-corrected chi connectivity index (χ4v) is 1.77. The van der Waals surface area contributed by atoms with Crippen LogP contribution in [0.2, 0.25) is 0 Å². The first kappa shape index (κ1) is 20.8. The summed E-state index contributed by atoms with van der Waals surface area (Å²) in [6, 6.07) is 7.60. The Morgan fingerprint density at radius 2 is 1.82 bits per heavy atom. The van der Waals surface area contributed by atoms with Crippen molar-refractivity contribution in [3.8, 4) is 5.75 Å². The van der Waals surface area contributed by atoms with Crippen LogP contribution in [0.25, 0.3) is 0 Å². The number of alkyl halides is 3. The Balaban J connectivity index is 0.00000441. The molecule has 1 aromatic carbocycles. The van der Waals surface area contributed by atoms with E-state index < -0.39 is 12.6 Å². The summed E-state index contributed by atoms with van der Waals surface area (Å²) < 4.78 is 41.4. The molecule has 2 N–H and O–H groups in total. The highest BCUT2D eigenvalue weighted by atomic mass is 127. The normalized spacial score (nSPS) is 11.6. The molecule has 22 heavy (non-hydrogen) atoms. The number of guanidine groups is 1. The van der Waals surface area contributed by atoms with Crippen LogP contribution < -0.4 is 15.4 Å². The van der Waals surface area contributed by atoms with Crippen molar-refractivity contribution >= 4 is 29.9 Å². The maximum atomic E-state index is 12.1. The second-order valence-corrected chi connectivity index (χ2v) is 4.35. The molecule has 8 heteroatoms. The molecule has 0 atom stereocenters. The van der Waals surface area contributed by atoms with Crippen LogP contribution in [0.4, 0.5) is 13.2 Å². The van der Waals surface area contributed by atoms with Crippen molar-refractivity contribution < 1.29 is 17.9 Å². The molecule has 0 radical (unpaired) electrons. The van der Waals surface area contributed by atoms with E-state index in [4.69, 9.17) is 4.74 Å². The van der Waals surface area contributed by atoms with Gasteiger partial charge in [0.2, 0.25) is 0 Å². The molecule has 0 bridgehead atoms. The summed E-state index contributed by atoms with van der Waals surface area (Å²) in [6.07, 6.45) is -4.37. The largest absolute Gasteiger partial charge is 0.496 e. The average Bonchev–Trinajstić information content (AvgIpc) is 2.45. The van der Waals surface area contributed by atoms with Crippen LogP contribution in [-0.4, -0.2) is 39.4 Å². The van der Waals surface area contributed by atoms with Gasteiger partial charge in [0.1, 0.15) is 5.75 Å². The highest BCUT2D eigenvalue weighted by molar-refractivity contribution is 14.0. The van der Waals surface area contributed by atoms with Crippen LogP contribution in [0.15, 0.2) is 29.3 Å². The van der Waals surface area contributed by atoms with E-state index in [1.807, 2.05) is 24.3 Å². The molecular weight excluding hydrogens is 410 g/mol. The second-order valence-electron chi connectivity index (χ2n) is 4.35. The van der Waals surface area contributed by atoms with Gasteiger partial charge >= 0.3 is 6.18 Å². The fourth-order valence-electron chi connectivity index (χ4n) is 1.77. The Morgan fingerprint density at radius 1 is 1.18 bits per heavy atom. The first-order chi connectivity index (χ1) is 9.96. The van der Waals surface area contributed by atoms with Crippen molar-refractivity contribution in [2.75, 3.05) is 27.2 Å². The predicted octanol–water partition coefficient (Wildman–Crippen LogP) is 2.97. The molecule has 0 aromatic heterocycles. The van der Waals surface area contributed by atoms with Crippen LogP contribution in [-0.2, 0) is 6.42 Å². The molecule has 0 fully saturated rings. The number of rotatable bonds is 6. The average molecular weight is 431 g/mol.